The van der Waals surface area contributed by atoms with Gasteiger partial charge in [0.2, 0.25) is 11.8 Å². The van der Waals surface area contributed by atoms with Crippen molar-refractivity contribution < 1.29 is 9.59 Å². The molecule has 0 radical (unpaired) electrons. The van der Waals surface area contributed by atoms with Crippen molar-refractivity contribution >= 4 is 35.0 Å². The number of rotatable bonds is 7. The fraction of sp³-hybridized carbons (Fsp3) is 0.238. The smallest absolute Gasteiger partial charge is 0.240 e. The highest BCUT2D eigenvalue weighted by molar-refractivity contribution is 8.00. The first-order chi connectivity index (χ1) is 14.0. The van der Waals surface area contributed by atoms with Crippen molar-refractivity contribution in [2.24, 2.45) is 0 Å². The molecule has 150 valence electrons. The van der Waals surface area contributed by atoms with Crippen molar-refractivity contribution in [1.82, 2.24) is 14.8 Å². The lowest BCUT2D eigenvalue weighted by Gasteiger charge is -2.24. The van der Waals surface area contributed by atoms with E-state index in [-0.39, 0.29) is 17.1 Å². The van der Waals surface area contributed by atoms with Gasteiger partial charge in [0.25, 0.3) is 0 Å². The van der Waals surface area contributed by atoms with Gasteiger partial charge in [-0.15, -0.1) is 10.2 Å². The molecule has 0 aliphatic heterocycles. The van der Waals surface area contributed by atoms with E-state index in [4.69, 9.17) is 0 Å². The average molecular weight is 410 g/mol. The summed E-state index contributed by atoms with van der Waals surface area (Å²) in [6.07, 6.45) is 1.60. The molecule has 3 aromatic rings. The number of nitrogens with one attached hydrogen (secondary N) is 1. The quantitative estimate of drug-likeness (QED) is 0.601. The number of anilines is 2. The molecule has 1 atom stereocenters. The largest absolute Gasteiger partial charge is 0.326 e. The molecule has 8 heteroatoms. The van der Waals surface area contributed by atoms with Gasteiger partial charge < -0.3 is 10.2 Å². The third-order valence-electron chi connectivity index (χ3n) is 4.24. The molecule has 0 bridgehead atoms. The van der Waals surface area contributed by atoms with Crippen molar-refractivity contribution in [3.63, 3.8) is 0 Å². The fourth-order valence-electron chi connectivity index (χ4n) is 2.92. The summed E-state index contributed by atoms with van der Waals surface area (Å²) in [4.78, 5) is 26.1. The Morgan fingerprint density at radius 2 is 1.93 bits per heavy atom. The van der Waals surface area contributed by atoms with Gasteiger partial charge in [0, 0.05) is 24.8 Å². The standard InChI is InChI=1S/C21H23N5O2S/c1-4-25(18-10-6-5-7-11-18)20(28)15(2)29-21-24-22-14-26(21)19-12-8-9-17(13-19)23-16(3)27/h5-15H,4H2,1-3H3,(H,23,27). The number of thioether (sulfide) groups is 1. The molecule has 2 amide bonds. The summed E-state index contributed by atoms with van der Waals surface area (Å²) >= 11 is 1.35. The zero-order chi connectivity index (χ0) is 20.8. The van der Waals surface area contributed by atoms with E-state index in [1.54, 1.807) is 15.8 Å². The molecule has 2 aromatic carbocycles. The van der Waals surface area contributed by atoms with Crippen LogP contribution in [0.1, 0.15) is 20.8 Å². The van der Waals surface area contributed by atoms with Crippen molar-refractivity contribution in [3.8, 4) is 5.69 Å². The summed E-state index contributed by atoms with van der Waals surface area (Å²) in [5.41, 5.74) is 2.36. The Morgan fingerprint density at radius 3 is 2.62 bits per heavy atom. The molecular formula is C21H23N5O2S. The summed E-state index contributed by atoms with van der Waals surface area (Å²) in [6, 6.07) is 17.0. The highest BCUT2D eigenvalue weighted by Gasteiger charge is 2.24. The second kappa shape index (κ2) is 9.38. The van der Waals surface area contributed by atoms with Crippen LogP contribution < -0.4 is 10.2 Å². The number of para-hydroxylation sites is 1. The minimum Gasteiger partial charge on any atom is -0.326 e. The van der Waals surface area contributed by atoms with Crippen LogP contribution in [0.4, 0.5) is 11.4 Å². The van der Waals surface area contributed by atoms with Crippen LogP contribution in [0.2, 0.25) is 0 Å². The Kier molecular flexibility index (Phi) is 6.66. The predicted molar refractivity (Wildman–Crippen MR) is 115 cm³/mol. The number of amides is 2. The Labute approximate surface area is 174 Å². The van der Waals surface area contributed by atoms with Crippen LogP contribution in [0, 0.1) is 0 Å². The van der Waals surface area contributed by atoms with Crippen LogP contribution in [0.3, 0.4) is 0 Å². The summed E-state index contributed by atoms with van der Waals surface area (Å²) in [7, 11) is 0. The molecule has 1 N–H and O–H groups in total. The number of benzene rings is 2. The summed E-state index contributed by atoms with van der Waals surface area (Å²) in [5, 5.41) is 11.2. The molecule has 3 rings (SSSR count). The van der Waals surface area contributed by atoms with Gasteiger partial charge in [-0.2, -0.15) is 0 Å². The summed E-state index contributed by atoms with van der Waals surface area (Å²) in [5.74, 6) is -0.134. The normalized spacial score (nSPS) is 11.7. The Bertz CT molecular complexity index is 990. The molecule has 0 saturated carbocycles. The molecule has 0 aliphatic rings. The summed E-state index contributed by atoms with van der Waals surface area (Å²) in [6.45, 7) is 5.87. The Hall–Kier alpha value is -3.13. The molecule has 29 heavy (non-hydrogen) atoms. The molecule has 1 heterocycles. The van der Waals surface area contributed by atoms with Gasteiger partial charge in [0.15, 0.2) is 5.16 Å². The van der Waals surface area contributed by atoms with Gasteiger partial charge in [-0.05, 0) is 44.2 Å². The zero-order valence-electron chi connectivity index (χ0n) is 16.6. The minimum atomic E-state index is -0.350. The monoisotopic (exact) mass is 409 g/mol. The molecule has 0 saturated heterocycles. The SMILES string of the molecule is CCN(C(=O)C(C)Sc1nncn1-c1cccc(NC(C)=O)c1)c1ccccc1. The van der Waals surface area contributed by atoms with Crippen molar-refractivity contribution in [3.05, 3.63) is 60.9 Å². The lowest BCUT2D eigenvalue weighted by atomic mass is 10.2. The second-order valence-corrected chi connectivity index (χ2v) is 7.70. The van der Waals surface area contributed by atoms with Crippen LogP contribution in [0.5, 0.6) is 0 Å². The van der Waals surface area contributed by atoms with Gasteiger partial charge in [0.05, 0.1) is 10.9 Å². The van der Waals surface area contributed by atoms with Gasteiger partial charge in [0.1, 0.15) is 6.33 Å². The van der Waals surface area contributed by atoms with E-state index >= 15 is 0 Å². The number of aromatic nitrogens is 3. The molecule has 7 nitrogen and oxygen atoms in total. The highest BCUT2D eigenvalue weighted by Crippen LogP contribution is 2.27. The lowest BCUT2D eigenvalue weighted by molar-refractivity contribution is -0.118. The number of hydrogen-bond acceptors (Lipinski definition) is 5. The van der Waals surface area contributed by atoms with Crippen LogP contribution in [-0.4, -0.2) is 38.4 Å². The number of nitrogens with zero attached hydrogens (tertiary/aromatic N) is 4. The maximum Gasteiger partial charge on any atom is 0.240 e. The molecule has 1 unspecified atom stereocenters. The average Bonchev–Trinajstić information content (AvgIpc) is 3.17. The first kappa shape index (κ1) is 20.6. The Morgan fingerprint density at radius 1 is 1.17 bits per heavy atom. The molecule has 1 aromatic heterocycles. The van der Waals surface area contributed by atoms with Crippen molar-refractivity contribution in [2.45, 2.75) is 31.2 Å². The summed E-state index contributed by atoms with van der Waals surface area (Å²) < 4.78 is 1.80. The topological polar surface area (TPSA) is 80.1 Å². The van der Waals surface area contributed by atoms with Crippen molar-refractivity contribution in [2.75, 3.05) is 16.8 Å². The van der Waals surface area contributed by atoms with Gasteiger partial charge in [-0.25, -0.2) is 0 Å². The predicted octanol–water partition coefficient (Wildman–Crippen LogP) is 3.76. The van der Waals surface area contributed by atoms with Crippen molar-refractivity contribution in [1.29, 1.82) is 0 Å². The maximum absolute atomic E-state index is 13.0. The minimum absolute atomic E-state index is 0.00486. The first-order valence-corrected chi connectivity index (χ1v) is 10.2. The number of carbonyl (C=O) groups excluding carboxylic acids is 2. The van der Waals surface area contributed by atoms with Gasteiger partial charge in [-0.3, -0.25) is 14.2 Å². The number of hydrogen-bond donors (Lipinski definition) is 1. The number of carbonyl (C=O) groups is 2. The Balaban J connectivity index is 1.79. The molecular weight excluding hydrogens is 386 g/mol. The van der Waals surface area contributed by atoms with Crippen LogP contribution in [-0.2, 0) is 9.59 Å². The molecule has 0 aliphatic carbocycles. The van der Waals surface area contributed by atoms with E-state index in [0.29, 0.717) is 17.4 Å². The third-order valence-corrected chi connectivity index (χ3v) is 5.29. The third kappa shape index (κ3) is 5.03. The fourth-order valence-corrected chi connectivity index (χ4v) is 3.82. The first-order valence-electron chi connectivity index (χ1n) is 9.30. The highest BCUT2D eigenvalue weighted by atomic mass is 32.2. The van der Waals surface area contributed by atoms with Crippen LogP contribution in [0.15, 0.2) is 66.1 Å². The van der Waals surface area contributed by atoms with Gasteiger partial charge in [-0.1, -0.05) is 36.0 Å². The van der Waals surface area contributed by atoms with E-state index in [9.17, 15) is 9.59 Å². The van der Waals surface area contributed by atoms with E-state index < -0.39 is 0 Å². The second-order valence-electron chi connectivity index (χ2n) is 6.39. The van der Waals surface area contributed by atoms with E-state index in [1.165, 1.54) is 18.7 Å². The maximum atomic E-state index is 13.0. The van der Waals surface area contributed by atoms with E-state index in [2.05, 4.69) is 15.5 Å². The van der Waals surface area contributed by atoms with E-state index in [1.807, 2.05) is 68.4 Å². The van der Waals surface area contributed by atoms with E-state index in [0.717, 1.165) is 11.4 Å². The lowest BCUT2D eigenvalue weighted by Crippen LogP contribution is -2.36. The molecule has 0 fully saturated rings. The zero-order valence-corrected chi connectivity index (χ0v) is 17.4. The van der Waals surface area contributed by atoms with Gasteiger partial charge >= 0.3 is 0 Å². The van der Waals surface area contributed by atoms with Crippen LogP contribution in [0.25, 0.3) is 5.69 Å². The molecule has 0 spiro atoms. The van der Waals surface area contributed by atoms with Crippen LogP contribution >= 0.6 is 11.8 Å².